The van der Waals surface area contributed by atoms with Crippen LogP contribution >= 0.6 is 34.9 Å². The van der Waals surface area contributed by atoms with Crippen LogP contribution in [0.3, 0.4) is 0 Å². The van der Waals surface area contributed by atoms with Gasteiger partial charge in [-0.1, -0.05) is 72.1 Å². The molecule has 0 atom stereocenters. The fourth-order valence-corrected chi connectivity index (χ4v) is 4.41. The largest absolute Gasteiger partial charge is 0.355 e. The standard InChI is InChI=1S/C16H20N4O2S3/c1-2-8-17-13(21)10-23-15-19-20-16(25-15)24-11-14(22)18-9-12-6-4-3-5-7-12/h3-7H,2,8-11H2,1H3,(H,17,21)(H,18,22). The number of hydrogen-bond acceptors (Lipinski definition) is 7. The molecule has 134 valence electrons. The zero-order valence-corrected chi connectivity index (χ0v) is 16.3. The lowest BCUT2D eigenvalue weighted by Gasteiger charge is -2.03. The van der Waals surface area contributed by atoms with Gasteiger partial charge in [0.1, 0.15) is 0 Å². The van der Waals surface area contributed by atoms with Gasteiger partial charge in [0.05, 0.1) is 11.5 Å². The number of rotatable bonds is 10. The Morgan fingerprint density at radius 3 is 2.20 bits per heavy atom. The molecule has 0 spiro atoms. The van der Waals surface area contributed by atoms with E-state index >= 15 is 0 Å². The van der Waals surface area contributed by atoms with E-state index in [9.17, 15) is 9.59 Å². The minimum absolute atomic E-state index is 0.00320. The van der Waals surface area contributed by atoms with Crippen LogP contribution in [0, 0.1) is 0 Å². The number of nitrogens with zero attached hydrogens (tertiary/aromatic N) is 2. The maximum atomic E-state index is 11.9. The summed E-state index contributed by atoms with van der Waals surface area (Å²) in [5, 5.41) is 13.8. The highest BCUT2D eigenvalue weighted by molar-refractivity contribution is 8.03. The molecule has 0 aliphatic carbocycles. The van der Waals surface area contributed by atoms with Gasteiger partial charge in [-0.25, -0.2) is 0 Å². The van der Waals surface area contributed by atoms with Crippen LogP contribution in [0.5, 0.6) is 0 Å². The van der Waals surface area contributed by atoms with Gasteiger partial charge in [0, 0.05) is 13.1 Å². The first-order valence-electron chi connectivity index (χ1n) is 7.83. The van der Waals surface area contributed by atoms with Crippen LogP contribution < -0.4 is 10.6 Å². The first kappa shape index (κ1) is 19.7. The van der Waals surface area contributed by atoms with Crippen molar-refractivity contribution in [1.82, 2.24) is 20.8 Å². The number of nitrogens with one attached hydrogen (secondary N) is 2. The lowest BCUT2D eigenvalue weighted by Crippen LogP contribution is -2.25. The molecule has 25 heavy (non-hydrogen) atoms. The van der Waals surface area contributed by atoms with Crippen LogP contribution in [0.1, 0.15) is 18.9 Å². The number of amides is 2. The summed E-state index contributed by atoms with van der Waals surface area (Å²) in [6.45, 7) is 3.22. The molecule has 9 heteroatoms. The molecule has 6 nitrogen and oxygen atoms in total. The summed E-state index contributed by atoms with van der Waals surface area (Å²) in [6.07, 6.45) is 0.919. The van der Waals surface area contributed by atoms with Gasteiger partial charge < -0.3 is 10.6 Å². The number of aromatic nitrogens is 2. The summed E-state index contributed by atoms with van der Waals surface area (Å²) in [4.78, 5) is 23.4. The average molecular weight is 397 g/mol. The van der Waals surface area contributed by atoms with Crippen molar-refractivity contribution in [2.75, 3.05) is 18.1 Å². The highest BCUT2D eigenvalue weighted by Crippen LogP contribution is 2.28. The quantitative estimate of drug-likeness (QED) is 0.601. The van der Waals surface area contributed by atoms with Crippen LogP contribution in [0.25, 0.3) is 0 Å². The maximum Gasteiger partial charge on any atom is 0.230 e. The van der Waals surface area contributed by atoms with Crippen molar-refractivity contribution in [2.24, 2.45) is 0 Å². The molecule has 0 unspecified atom stereocenters. The smallest absolute Gasteiger partial charge is 0.230 e. The monoisotopic (exact) mass is 396 g/mol. The van der Waals surface area contributed by atoms with Gasteiger partial charge in [-0.3, -0.25) is 9.59 Å². The zero-order valence-electron chi connectivity index (χ0n) is 13.9. The zero-order chi connectivity index (χ0) is 17.9. The van der Waals surface area contributed by atoms with Gasteiger partial charge in [-0.15, -0.1) is 10.2 Å². The summed E-state index contributed by atoms with van der Waals surface area (Å²) in [5.41, 5.74) is 1.07. The molecule has 2 amide bonds. The average Bonchev–Trinajstić information content (AvgIpc) is 3.10. The Hall–Kier alpha value is -1.58. The minimum Gasteiger partial charge on any atom is -0.355 e. The second-order valence-electron chi connectivity index (χ2n) is 5.02. The number of thioether (sulfide) groups is 2. The van der Waals surface area contributed by atoms with E-state index in [0.29, 0.717) is 24.6 Å². The van der Waals surface area contributed by atoms with E-state index in [0.717, 1.165) is 20.7 Å². The van der Waals surface area contributed by atoms with Crippen molar-refractivity contribution in [3.05, 3.63) is 35.9 Å². The highest BCUT2D eigenvalue weighted by Gasteiger charge is 2.10. The fraction of sp³-hybridized carbons (Fsp3) is 0.375. The predicted molar refractivity (Wildman–Crippen MR) is 103 cm³/mol. The molecule has 0 aliphatic heterocycles. The third kappa shape index (κ3) is 7.89. The number of hydrogen-bond donors (Lipinski definition) is 2. The topological polar surface area (TPSA) is 84.0 Å². The molecule has 0 saturated heterocycles. The number of carbonyl (C=O) groups excluding carboxylic acids is 2. The van der Waals surface area contributed by atoms with Gasteiger partial charge in [-0.2, -0.15) is 0 Å². The Kier molecular flexibility index (Phi) is 8.78. The molecule has 0 fully saturated rings. The number of benzene rings is 1. The highest BCUT2D eigenvalue weighted by atomic mass is 32.2. The maximum absolute atomic E-state index is 11.9. The van der Waals surface area contributed by atoms with Crippen LogP contribution in [-0.4, -0.2) is 40.1 Å². The number of carbonyl (C=O) groups is 2. The van der Waals surface area contributed by atoms with E-state index in [1.807, 2.05) is 37.3 Å². The molecule has 0 radical (unpaired) electrons. The third-order valence-corrected chi connectivity index (χ3v) is 6.14. The molecule has 0 saturated carbocycles. The van der Waals surface area contributed by atoms with Gasteiger partial charge in [0.2, 0.25) is 11.8 Å². The first-order valence-corrected chi connectivity index (χ1v) is 10.6. The van der Waals surface area contributed by atoms with E-state index in [-0.39, 0.29) is 11.8 Å². The lowest BCUT2D eigenvalue weighted by atomic mass is 10.2. The van der Waals surface area contributed by atoms with Gasteiger partial charge in [-0.05, 0) is 12.0 Å². The molecule has 2 rings (SSSR count). The summed E-state index contributed by atoms with van der Waals surface area (Å²) < 4.78 is 1.46. The van der Waals surface area contributed by atoms with Crippen molar-refractivity contribution in [3.63, 3.8) is 0 Å². The Labute approximate surface area is 159 Å². The van der Waals surface area contributed by atoms with Crippen molar-refractivity contribution >= 4 is 46.7 Å². The molecule has 1 aromatic heterocycles. The van der Waals surface area contributed by atoms with Crippen LogP contribution in [-0.2, 0) is 16.1 Å². The van der Waals surface area contributed by atoms with E-state index in [2.05, 4.69) is 20.8 Å². The molecule has 1 heterocycles. The normalized spacial score (nSPS) is 10.4. The Bertz CT molecular complexity index is 679. The third-order valence-electron chi connectivity index (χ3n) is 2.95. The fourth-order valence-electron chi connectivity index (χ4n) is 1.73. The SMILES string of the molecule is CCCNC(=O)CSc1nnc(SCC(=O)NCc2ccccc2)s1. The summed E-state index contributed by atoms with van der Waals surface area (Å²) in [6, 6.07) is 9.77. The Morgan fingerprint density at radius 1 is 1.00 bits per heavy atom. The van der Waals surface area contributed by atoms with Crippen LogP contribution in [0.4, 0.5) is 0 Å². The summed E-state index contributed by atoms with van der Waals surface area (Å²) >= 11 is 4.11. The van der Waals surface area contributed by atoms with Gasteiger partial charge >= 0.3 is 0 Å². The lowest BCUT2D eigenvalue weighted by molar-refractivity contribution is -0.119. The molecular weight excluding hydrogens is 376 g/mol. The van der Waals surface area contributed by atoms with Crippen molar-refractivity contribution in [1.29, 1.82) is 0 Å². The van der Waals surface area contributed by atoms with E-state index < -0.39 is 0 Å². The molecule has 2 aromatic rings. The first-order chi connectivity index (χ1) is 12.2. The Balaban J connectivity index is 1.66. The van der Waals surface area contributed by atoms with Crippen molar-refractivity contribution < 1.29 is 9.59 Å². The van der Waals surface area contributed by atoms with Crippen molar-refractivity contribution in [2.45, 2.75) is 28.6 Å². The molecule has 2 N–H and O–H groups in total. The Morgan fingerprint density at radius 2 is 1.60 bits per heavy atom. The van der Waals surface area contributed by atoms with Crippen LogP contribution in [0.15, 0.2) is 39.0 Å². The van der Waals surface area contributed by atoms with Gasteiger partial charge in [0.15, 0.2) is 8.68 Å². The second kappa shape index (κ2) is 11.1. The molecule has 1 aromatic carbocycles. The van der Waals surface area contributed by atoms with E-state index in [1.165, 1.54) is 34.9 Å². The summed E-state index contributed by atoms with van der Waals surface area (Å²) in [5.74, 6) is 0.578. The predicted octanol–water partition coefficient (Wildman–Crippen LogP) is 2.56. The molecule has 0 aliphatic rings. The minimum atomic E-state index is -0.0443. The van der Waals surface area contributed by atoms with Crippen LogP contribution in [0.2, 0.25) is 0 Å². The van der Waals surface area contributed by atoms with E-state index in [1.54, 1.807) is 0 Å². The summed E-state index contributed by atoms with van der Waals surface area (Å²) in [7, 11) is 0. The second-order valence-corrected chi connectivity index (χ2v) is 8.45. The van der Waals surface area contributed by atoms with Crippen molar-refractivity contribution in [3.8, 4) is 0 Å². The van der Waals surface area contributed by atoms with Gasteiger partial charge in [0.25, 0.3) is 0 Å². The van der Waals surface area contributed by atoms with E-state index in [4.69, 9.17) is 0 Å². The molecule has 0 bridgehead atoms. The molecular formula is C16H20N4O2S3.